The maximum Gasteiger partial charge on any atom is 0.278 e. The summed E-state index contributed by atoms with van der Waals surface area (Å²) in [4.78, 5) is 28.3. The molecule has 1 aliphatic rings. The number of amides is 2. The Balaban J connectivity index is 1.74. The highest BCUT2D eigenvalue weighted by atomic mass is 32.1. The van der Waals surface area contributed by atoms with Crippen LogP contribution >= 0.6 is 11.3 Å². The van der Waals surface area contributed by atoms with Crippen LogP contribution in [-0.2, 0) is 14.3 Å². The second kappa shape index (κ2) is 10.9. The molecule has 0 spiro atoms. The van der Waals surface area contributed by atoms with Crippen molar-refractivity contribution in [3.05, 3.63) is 52.4 Å². The third kappa shape index (κ3) is 5.29. The molecule has 2 aromatic rings. The lowest BCUT2D eigenvalue weighted by Crippen LogP contribution is -2.34. The fourth-order valence-corrected chi connectivity index (χ4v) is 3.93. The van der Waals surface area contributed by atoms with E-state index in [0.29, 0.717) is 44.1 Å². The molecule has 0 fully saturated rings. The molecule has 0 atom stereocenters. The number of rotatable bonds is 12. The summed E-state index contributed by atoms with van der Waals surface area (Å²) in [5.74, 6) is 0.198. The Bertz CT molecular complexity index is 875. The summed E-state index contributed by atoms with van der Waals surface area (Å²) in [5, 5.41) is 5.07. The number of unbranched alkanes of at least 4 members (excludes halogenated alkanes) is 1. The number of ether oxygens (including phenoxy) is 2. The van der Waals surface area contributed by atoms with Crippen molar-refractivity contribution >= 4 is 34.4 Å². The van der Waals surface area contributed by atoms with Crippen LogP contribution in [-0.4, -0.2) is 43.1 Å². The molecule has 0 saturated heterocycles. The number of carbonyl (C=O) groups excluding carboxylic acids is 2. The first-order chi connectivity index (χ1) is 14.7. The van der Waals surface area contributed by atoms with Crippen LogP contribution in [0.5, 0.6) is 5.75 Å². The van der Waals surface area contributed by atoms with Gasteiger partial charge in [-0.2, -0.15) is 0 Å². The average molecular weight is 429 g/mol. The quantitative estimate of drug-likeness (QED) is 0.397. The van der Waals surface area contributed by atoms with Crippen LogP contribution in [0.3, 0.4) is 0 Å². The Hall–Kier alpha value is -2.64. The summed E-state index contributed by atoms with van der Waals surface area (Å²) in [7, 11) is 0. The molecule has 1 aromatic carbocycles. The fraction of sp³-hybridized carbons (Fsp3) is 0.391. The highest BCUT2D eigenvalue weighted by Gasteiger charge is 2.39. The number of hydrogen-bond acceptors (Lipinski definition) is 6. The van der Waals surface area contributed by atoms with Gasteiger partial charge >= 0.3 is 0 Å². The van der Waals surface area contributed by atoms with Gasteiger partial charge < -0.3 is 14.8 Å². The summed E-state index contributed by atoms with van der Waals surface area (Å²) in [6.07, 6.45) is 2.72. The lowest BCUT2D eigenvalue weighted by Gasteiger charge is -2.15. The largest absolute Gasteiger partial charge is 0.494 e. The van der Waals surface area contributed by atoms with E-state index in [9.17, 15) is 9.59 Å². The minimum absolute atomic E-state index is 0.260. The van der Waals surface area contributed by atoms with Crippen LogP contribution in [0.15, 0.2) is 47.5 Å². The Kier molecular flexibility index (Phi) is 8.04. The van der Waals surface area contributed by atoms with Gasteiger partial charge in [0.05, 0.1) is 12.2 Å². The normalized spacial score (nSPS) is 14.0. The smallest absolute Gasteiger partial charge is 0.278 e. The van der Waals surface area contributed by atoms with Crippen molar-refractivity contribution < 1.29 is 19.1 Å². The molecule has 0 saturated carbocycles. The highest BCUT2D eigenvalue weighted by molar-refractivity contribution is 7.11. The maximum absolute atomic E-state index is 13.1. The van der Waals surface area contributed by atoms with Crippen LogP contribution in [0.1, 0.15) is 38.0 Å². The van der Waals surface area contributed by atoms with Gasteiger partial charge in [-0.3, -0.25) is 14.5 Å². The highest BCUT2D eigenvalue weighted by Crippen LogP contribution is 2.33. The molecule has 0 bridgehead atoms. The predicted molar refractivity (Wildman–Crippen MR) is 120 cm³/mol. The zero-order valence-corrected chi connectivity index (χ0v) is 18.3. The van der Waals surface area contributed by atoms with Gasteiger partial charge in [-0.15, -0.1) is 11.3 Å². The minimum atomic E-state index is -0.300. The predicted octanol–water partition coefficient (Wildman–Crippen LogP) is 4.55. The molecule has 6 nitrogen and oxygen atoms in total. The summed E-state index contributed by atoms with van der Waals surface area (Å²) in [6.45, 7) is 6.21. The van der Waals surface area contributed by atoms with Crippen LogP contribution in [0.25, 0.3) is 5.57 Å². The second-order valence-corrected chi connectivity index (χ2v) is 7.84. The van der Waals surface area contributed by atoms with Crippen molar-refractivity contribution in [1.82, 2.24) is 4.90 Å². The van der Waals surface area contributed by atoms with Crippen molar-refractivity contribution in [3.63, 3.8) is 0 Å². The van der Waals surface area contributed by atoms with E-state index in [0.717, 1.165) is 29.2 Å². The molecular weight excluding hydrogens is 400 g/mol. The van der Waals surface area contributed by atoms with Crippen LogP contribution in [0.4, 0.5) is 5.69 Å². The summed E-state index contributed by atoms with van der Waals surface area (Å²) >= 11 is 1.45. The van der Waals surface area contributed by atoms with Gasteiger partial charge in [-0.25, -0.2) is 0 Å². The first-order valence-electron chi connectivity index (χ1n) is 10.4. The molecule has 0 aliphatic carbocycles. The summed E-state index contributed by atoms with van der Waals surface area (Å²) in [6, 6.07) is 11.1. The van der Waals surface area contributed by atoms with Crippen LogP contribution in [0.2, 0.25) is 0 Å². The first kappa shape index (κ1) is 22.1. The van der Waals surface area contributed by atoms with Crippen molar-refractivity contribution in [2.24, 2.45) is 0 Å². The van der Waals surface area contributed by atoms with E-state index < -0.39 is 0 Å². The van der Waals surface area contributed by atoms with Crippen LogP contribution in [0, 0.1) is 0 Å². The fourth-order valence-electron chi connectivity index (χ4n) is 3.16. The molecule has 7 heteroatoms. The number of nitrogens with zero attached hydrogens (tertiary/aromatic N) is 1. The molecule has 2 heterocycles. The molecule has 30 heavy (non-hydrogen) atoms. The zero-order valence-electron chi connectivity index (χ0n) is 17.5. The Morgan fingerprint density at radius 1 is 1.00 bits per heavy atom. The van der Waals surface area contributed by atoms with E-state index in [1.165, 1.54) is 16.2 Å². The molecule has 0 unspecified atom stereocenters. The molecule has 1 N–H and O–H groups in total. The Morgan fingerprint density at radius 3 is 2.43 bits per heavy atom. The number of thiophene rings is 1. The number of carbonyl (C=O) groups is 2. The van der Waals surface area contributed by atoms with Gasteiger partial charge in [0.2, 0.25) is 0 Å². The van der Waals surface area contributed by atoms with Crippen molar-refractivity contribution in [2.75, 3.05) is 31.7 Å². The monoisotopic (exact) mass is 428 g/mol. The minimum Gasteiger partial charge on any atom is -0.494 e. The van der Waals surface area contributed by atoms with E-state index in [4.69, 9.17) is 9.47 Å². The topological polar surface area (TPSA) is 67.9 Å². The van der Waals surface area contributed by atoms with Crippen LogP contribution < -0.4 is 10.1 Å². The number of benzene rings is 1. The van der Waals surface area contributed by atoms with E-state index in [1.54, 1.807) is 0 Å². The number of imide groups is 1. The van der Waals surface area contributed by atoms with E-state index in [-0.39, 0.29) is 11.8 Å². The van der Waals surface area contributed by atoms with Gasteiger partial charge in [0.15, 0.2) is 0 Å². The second-order valence-electron chi connectivity index (χ2n) is 6.89. The Morgan fingerprint density at radius 2 is 1.77 bits per heavy atom. The molecule has 1 aliphatic heterocycles. The van der Waals surface area contributed by atoms with Gasteiger partial charge in [-0.05, 0) is 55.5 Å². The molecule has 0 radical (unpaired) electrons. The zero-order chi connectivity index (χ0) is 21.3. The molecule has 160 valence electrons. The van der Waals surface area contributed by atoms with Gasteiger partial charge in [0.1, 0.15) is 11.4 Å². The number of hydrogen-bond donors (Lipinski definition) is 1. The van der Waals surface area contributed by atoms with E-state index in [2.05, 4.69) is 12.2 Å². The molecule has 3 rings (SSSR count). The third-order valence-corrected chi connectivity index (χ3v) is 5.57. The first-order valence-corrected chi connectivity index (χ1v) is 11.3. The SMILES string of the molecule is CCCCOCCCN1C(=O)C(Nc2ccc(OCC)cc2)=C(c2cccs2)C1=O. The standard InChI is InChI=1S/C23H28N2O4S/c1-3-5-14-28-15-7-13-25-22(26)20(19-8-6-16-30-19)21(23(25)27)24-17-9-11-18(12-10-17)29-4-2/h6,8-12,16,24H,3-5,7,13-15H2,1-2H3. The summed E-state index contributed by atoms with van der Waals surface area (Å²) in [5.41, 5.74) is 1.47. The number of anilines is 1. The van der Waals surface area contributed by atoms with Gasteiger partial charge in [-0.1, -0.05) is 19.4 Å². The summed E-state index contributed by atoms with van der Waals surface area (Å²) < 4.78 is 11.0. The third-order valence-electron chi connectivity index (χ3n) is 4.68. The van der Waals surface area contributed by atoms with E-state index >= 15 is 0 Å². The maximum atomic E-state index is 13.1. The van der Waals surface area contributed by atoms with Crippen molar-refractivity contribution in [1.29, 1.82) is 0 Å². The Labute approximate surface area is 181 Å². The van der Waals surface area contributed by atoms with Gasteiger partial charge in [0, 0.05) is 30.3 Å². The molecule has 2 amide bonds. The van der Waals surface area contributed by atoms with Crippen molar-refractivity contribution in [3.8, 4) is 5.75 Å². The van der Waals surface area contributed by atoms with Gasteiger partial charge in [0.25, 0.3) is 11.8 Å². The lowest BCUT2D eigenvalue weighted by molar-refractivity contribution is -0.137. The number of nitrogens with one attached hydrogen (secondary N) is 1. The lowest BCUT2D eigenvalue weighted by atomic mass is 10.2. The van der Waals surface area contributed by atoms with E-state index in [1.807, 2.05) is 48.7 Å². The molecule has 1 aromatic heterocycles. The molecular formula is C23H28N2O4S. The van der Waals surface area contributed by atoms with Crippen molar-refractivity contribution in [2.45, 2.75) is 33.1 Å². The average Bonchev–Trinajstić information content (AvgIpc) is 3.34.